The van der Waals surface area contributed by atoms with E-state index in [-0.39, 0.29) is 16.6 Å². The summed E-state index contributed by atoms with van der Waals surface area (Å²) >= 11 is 5.25. The molecule has 164 valence electrons. The minimum atomic E-state index is -0.457. The van der Waals surface area contributed by atoms with Crippen molar-refractivity contribution in [1.29, 1.82) is 0 Å². The Balaban J connectivity index is 1.57. The van der Waals surface area contributed by atoms with Crippen molar-refractivity contribution in [2.24, 2.45) is 0 Å². The molecule has 32 heavy (non-hydrogen) atoms. The van der Waals surface area contributed by atoms with E-state index in [1.54, 1.807) is 42.5 Å². The lowest BCUT2D eigenvalue weighted by molar-refractivity contribution is -0.115. The summed E-state index contributed by atoms with van der Waals surface area (Å²) in [7, 11) is 2.95. The molecular weight excluding hydrogens is 426 g/mol. The van der Waals surface area contributed by atoms with Gasteiger partial charge in [-0.25, -0.2) is 0 Å². The highest BCUT2D eigenvalue weighted by molar-refractivity contribution is 7.80. The summed E-state index contributed by atoms with van der Waals surface area (Å²) in [5.41, 5.74) is 2.50. The Hall–Kier alpha value is -3.91. The van der Waals surface area contributed by atoms with Gasteiger partial charge in [0, 0.05) is 11.4 Å². The third-order valence-corrected chi connectivity index (χ3v) is 4.72. The molecule has 0 spiro atoms. The smallest absolute Gasteiger partial charge is 0.264 e. The van der Waals surface area contributed by atoms with Gasteiger partial charge >= 0.3 is 0 Å². The number of rotatable bonds is 7. The predicted molar refractivity (Wildman–Crippen MR) is 128 cm³/mol. The molecule has 0 aromatic heterocycles. The zero-order valence-corrected chi connectivity index (χ0v) is 18.5. The van der Waals surface area contributed by atoms with Crippen LogP contribution in [0.2, 0.25) is 0 Å². The van der Waals surface area contributed by atoms with E-state index in [1.807, 2.05) is 30.3 Å². The number of anilines is 2. The first-order valence-corrected chi connectivity index (χ1v) is 10.2. The van der Waals surface area contributed by atoms with Crippen molar-refractivity contribution in [3.8, 4) is 11.5 Å². The molecular formula is C24H23N3O4S. The Bertz CT molecular complexity index is 1080. The second-order valence-electron chi connectivity index (χ2n) is 6.73. The molecule has 0 saturated carbocycles. The number of hydrogen-bond donors (Lipinski definition) is 3. The number of ether oxygens (including phenoxy) is 2. The van der Waals surface area contributed by atoms with Crippen LogP contribution < -0.4 is 25.4 Å². The molecule has 0 bridgehead atoms. The average molecular weight is 450 g/mol. The summed E-state index contributed by atoms with van der Waals surface area (Å²) in [4.78, 5) is 24.9. The first-order chi connectivity index (χ1) is 15.5. The molecule has 3 aromatic carbocycles. The topological polar surface area (TPSA) is 88.7 Å². The molecule has 0 saturated heterocycles. The second kappa shape index (κ2) is 10.9. The molecule has 0 heterocycles. The van der Waals surface area contributed by atoms with Crippen molar-refractivity contribution in [2.75, 3.05) is 24.9 Å². The molecule has 3 N–H and O–H groups in total. The van der Waals surface area contributed by atoms with Gasteiger partial charge in [-0.3, -0.25) is 14.9 Å². The maximum atomic E-state index is 12.7. The molecule has 3 aromatic rings. The second-order valence-corrected chi connectivity index (χ2v) is 7.14. The number of benzene rings is 3. The average Bonchev–Trinajstić information content (AvgIpc) is 2.80. The number of thiocarbonyl (C=S) groups is 1. The lowest BCUT2D eigenvalue weighted by Crippen LogP contribution is -2.34. The van der Waals surface area contributed by atoms with Gasteiger partial charge in [0.2, 0.25) is 5.91 Å². The van der Waals surface area contributed by atoms with Crippen LogP contribution in [0, 0.1) is 0 Å². The summed E-state index contributed by atoms with van der Waals surface area (Å²) in [5.74, 6) is 0.188. The molecule has 0 aliphatic carbocycles. The fourth-order valence-electron chi connectivity index (χ4n) is 3.03. The Labute approximate surface area is 191 Å². The standard InChI is InChI=1S/C24H23N3O4S/c1-30-19-9-6-10-20(31-2)22(19)23(29)27-24(32)26-18-13-11-17(12-14-18)25-21(28)15-16-7-4-3-5-8-16/h3-14H,15H2,1-2H3,(H,25,28)(H2,26,27,29,32). The fraction of sp³-hybridized carbons (Fsp3) is 0.125. The van der Waals surface area contributed by atoms with Crippen molar-refractivity contribution < 1.29 is 19.1 Å². The van der Waals surface area contributed by atoms with Crippen molar-refractivity contribution in [3.05, 3.63) is 83.9 Å². The first kappa shape index (κ1) is 22.8. The van der Waals surface area contributed by atoms with Crippen LogP contribution >= 0.6 is 12.2 Å². The minimum absolute atomic E-state index is 0.106. The summed E-state index contributed by atoms with van der Waals surface area (Å²) < 4.78 is 10.5. The molecule has 0 unspecified atom stereocenters. The lowest BCUT2D eigenvalue weighted by atomic mass is 10.1. The third-order valence-electron chi connectivity index (χ3n) is 4.52. The number of amides is 2. The summed E-state index contributed by atoms with van der Waals surface area (Å²) in [5, 5.41) is 8.53. The van der Waals surface area contributed by atoms with Crippen LogP contribution in [0.5, 0.6) is 11.5 Å². The van der Waals surface area contributed by atoms with E-state index in [2.05, 4.69) is 16.0 Å². The summed E-state index contributed by atoms with van der Waals surface area (Å²) in [6.07, 6.45) is 0.295. The van der Waals surface area contributed by atoms with Crippen LogP contribution in [-0.2, 0) is 11.2 Å². The first-order valence-electron chi connectivity index (χ1n) is 9.77. The van der Waals surface area contributed by atoms with E-state index in [0.717, 1.165) is 5.56 Å². The number of carbonyl (C=O) groups is 2. The van der Waals surface area contributed by atoms with Gasteiger partial charge in [-0.05, 0) is 54.2 Å². The number of hydrogen-bond acceptors (Lipinski definition) is 5. The van der Waals surface area contributed by atoms with Gasteiger partial charge in [-0.15, -0.1) is 0 Å². The molecule has 0 fully saturated rings. The van der Waals surface area contributed by atoms with Crippen molar-refractivity contribution in [1.82, 2.24) is 5.32 Å². The van der Waals surface area contributed by atoms with Crippen LogP contribution in [0.1, 0.15) is 15.9 Å². The largest absolute Gasteiger partial charge is 0.496 e. The number of nitrogens with one attached hydrogen (secondary N) is 3. The third kappa shape index (κ3) is 6.05. The SMILES string of the molecule is COc1cccc(OC)c1C(=O)NC(=S)Nc1ccc(NC(=O)Cc2ccccc2)cc1. The van der Waals surface area contributed by atoms with Crippen LogP contribution in [0.3, 0.4) is 0 Å². The molecule has 0 aliphatic rings. The van der Waals surface area contributed by atoms with Crippen LogP contribution in [0.15, 0.2) is 72.8 Å². The number of carbonyl (C=O) groups excluding carboxylic acids is 2. The lowest BCUT2D eigenvalue weighted by Gasteiger charge is -2.14. The zero-order chi connectivity index (χ0) is 22.9. The maximum absolute atomic E-state index is 12.7. The van der Waals surface area contributed by atoms with Crippen LogP contribution in [-0.4, -0.2) is 31.1 Å². The van der Waals surface area contributed by atoms with E-state index in [4.69, 9.17) is 21.7 Å². The van der Waals surface area contributed by atoms with Crippen molar-refractivity contribution >= 4 is 40.5 Å². The Morgan fingerprint density at radius 2 is 1.34 bits per heavy atom. The van der Waals surface area contributed by atoms with Crippen LogP contribution in [0.25, 0.3) is 0 Å². The highest BCUT2D eigenvalue weighted by atomic mass is 32.1. The monoisotopic (exact) mass is 449 g/mol. The van der Waals surface area contributed by atoms with Gasteiger partial charge in [-0.2, -0.15) is 0 Å². The van der Waals surface area contributed by atoms with Gasteiger partial charge in [-0.1, -0.05) is 36.4 Å². The van der Waals surface area contributed by atoms with Gasteiger partial charge in [0.25, 0.3) is 5.91 Å². The van der Waals surface area contributed by atoms with Crippen LogP contribution in [0.4, 0.5) is 11.4 Å². The molecule has 8 heteroatoms. The maximum Gasteiger partial charge on any atom is 0.264 e. The summed E-state index contributed by atoms with van der Waals surface area (Å²) in [6, 6.07) is 21.6. The zero-order valence-electron chi connectivity index (χ0n) is 17.7. The molecule has 0 aliphatic heterocycles. The molecule has 2 amide bonds. The van der Waals surface area contributed by atoms with Crippen molar-refractivity contribution in [2.45, 2.75) is 6.42 Å². The minimum Gasteiger partial charge on any atom is -0.496 e. The normalized spacial score (nSPS) is 10.1. The van der Waals surface area contributed by atoms with Gasteiger partial charge < -0.3 is 20.1 Å². The van der Waals surface area contributed by atoms with E-state index in [9.17, 15) is 9.59 Å². The van der Waals surface area contributed by atoms with Gasteiger partial charge in [0.1, 0.15) is 17.1 Å². The van der Waals surface area contributed by atoms with Gasteiger partial charge in [0.15, 0.2) is 5.11 Å². The highest BCUT2D eigenvalue weighted by Crippen LogP contribution is 2.28. The Morgan fingerprint density at radius 1 is 0.781 bits per heavy atom. The van der Waals surface area contributed by atoms with Crippen molar-refractivity contribution in [3.63, 3.8) is 0 Å². The van der Waals surface area contributed by atoms with E-state index in [0.29, 0.717) is 29.3 Å². The number of methoxy groups -OCH3 is 2. The van der Waals surface area contributed by atoms with E-state index < -0.39 is 5.91 Å². The molecule has 7 nitrogen and oxygen atoms in total. The molecule has 0 atom stereocenters. The molecule has 0 radical (unpaired) electrons. The van der Waals surface area contributed by atoms with E-state index >= 15 is 0 Å². The summed E-state index contributed by atoms with van der Waals surface area (Å²) in [6.45, 7) is 0. The Morgan fingerprint density at radius 3 is 1.91 bits per heavy atom. The molecule has 3 rings (SSSR count). The fourth-order valence-corrected chi connectivity index (χ4v) is 3.24. The van der Waals surface area contributed by atoms with E-state index in [1.165, 1.54) is 14.2 Å². The Kier molecular flexibility index (Phi) is 7.77. The highest BCUT2D eigenvalue weighted by Gasteiger charge is 2.19. The quantitative estimate of drug-likeness (QED) is 0.473. The van der Waals surface area contributed by atoms with Gasteiger partial charge in [0.05, 0.1) is 20.6 Å². The predicted octanol–water partition coefficient (Wildman–Crippen LogP) is 4.01.